The Bertz CT molecular complexity index is 1060. The summed E-state index contributed by atoms with van der Waals surface area (Å²) in [6, 6.07) is 22.2. The maximum atomic E-state index is 12.5. The molecule has 0 saturated carbocycles. The summed E-state index contributed by atoms with van der Waals surface area (Å²) in [5, 5.41) is 3.17. The second-order valence-corrected chi connectivity index (χ2v) is 7.23. The molecule has 0 aromatic heterocycles. The molecular formula is C24H23ClN2O4. The van der Waals surface area contributed by atoms with Crippen LogP contribution in [0, 0.1) is 0 Å². The minimum atomic E-state index is -0.374. The lowest BCUT2D eigenvalue weighted by molar-refractivity contribution is -0.135. The second-order valence-electron chi connectivity index (χ2n) is 6.79. The van der Waals surface area contributed by atoms with Gasteiger partial charge in [0.05, 0.1) is 19.3 Å². The normalized spacial score (nSPS) is 10.3. The van der Waals surface area contributed by atoms with Gasteiger partial charge in [-0.1, -0.05) is 60.1 Å². The van der Waals surface area contributed by atoms with Crippen molar-refractivity contribution in [1.29, 1.82) is 0 Å². The second kappa shape index (κ2) is 10.5. The van der Waals surface area contributed by atoms with Crippen molar-refractivity contribution in [1.82, 2.24) is 4.90 Å². The fourth-order valence-electron chi connectivity index (χ4n) is 2.97. The van der Waals surface area contributed by atoms with Gasteiger partial charge in [-0.3, -0.25) is 9.59 Å². The number of para-hydroxylation sites is 1. The molecule has 0 bridgehead atoms. The summed E-state index contributed by atoms with van der Waals surface area (Å²) in [4.78, 5) is 26.2. The molecule has 160 valence electrons. The molecule has 0 aliphatic rings. The number of carbonyl (C=O) groups excluding carboxylic acids is 2. The molecule has 6 nitrogen and oxygen atoms in total. The summed E-state index contributed by atoms with van der Waals surface area (Å²) in [6.45, 7) is -0.327. The van der Waals surface area contributed by atoms with Crippen molar-refractivity contribution in [3.63, 3.8) is 0 Å². The van der Waals surface area contributed by atoms with Gasteiger partial charge in [0, 0.05) is 17.6 Å². The molecule has 0 saturated heterocycles. The number of likely N-dealkylation sites (N-methyl/N-ethyl adjacent to an activating group) is 1. The first-order valence-corrected chi connectivity index (χ1v) is 10.0. The number of methoxy groups -OCH3 is 1. The molecule has 2 amide bonds. The monoisotopic (exact) mass is 438 g/mol. The molecule has 0 fully saturated rings. The molecule has 3 aromatic rings. The van der Waals surface area contributed by atoms with E-state index < -0.39 is 0 Å². The van der Waals surface area contributed by atoms with E-state index in [-0.39, 0.29) is 25.0 Å². The number of carbonyl (C=O) groups is 2. The van der Waals surface area contributed by atoms with Crippen molar-refractivity contribution in [2.75, 3.05) is 32.6 Å². The van der Waals surface area contributed by atoms with Crippen molar-refractivity contribution in [3.8, 4) is 22.6 Å². The van der Waals surface area contributed by atoms with E-state index in [1.165, 1.54) is 12.0 Å². The highest BCUT2D eigenvalue weighted by Gasteiger charge is 2.16. The first-order valence-electron chi connectivity index (χ1n) is 9.62. The van der Waals surface area contributed by atoms with E-state index >= 15 is 0 Å². The molecule has 1 N–H and O–H groups in total. The number of hydrogen-bond donors (Lipinski definition) is 1. The largest absolute Gasteiger partial charge is 0.495 e. The number of anilines is 1. The third kappa shape index (κ3) is 5.99. The van der Waals surface area contributed by atoms with E-state index in [4.69, 9.17) is 21.1 Å². The lowest BCUT2D eigenvalue weighted by Gasteiger charge is -2.18. The minimum Gasteiger partial charge on any atom is -0.495 e. The number of amides is 2. The molecule has 31 heavy (non-hydrogen) atoms. The Morgan fingerprint density at radius 1 is 0.968 bits per heavy atom. The van der Waals surface area contributed by atoms with Crippen molar-refractivity contribution >= 4 is 29.1 Å². The van der Waals surface area contributed by atoms with Crippen molar-refractivity contribution in [3.05, 3.63) is 77.8 Å². The predicted octanol–water partition coefficient (Wildman–Crippen LogP) is 4.49. The van der Waals surface area contributed by atoms with Crippen LogP contribution in [0.15, 0.2) is 72.8 Å². The predicted molar refractivity (Wildman–Crippen MR) is 122 cm³/mol. The number of hydrogen-bond acceptors (Lipinski definition) is 4. The van der Waals surface area contributed by atoms with E-state index in [0.29, 0.717) is 22.2 Å². The summed E-state index contributed by atoms with van der Waals surface area (Å²) in [6.07, 6.45) is 0. The van der Waals surface area contributed by atoms with Gasteiger partial charge >= 0.3 is 0 Å². The fraction of sp³-hybridized carbons (Fsp3) is 0.167. The van der Waals surface area contributed by atoms with Gasteiger partial charge in [0.1, 0.15) is 11.5 Å². The number of nitrogens with one attached hydrogen (secondary N) is 1. The molecule has 3 rings (SSSR count). The third-order valence-electron chi connectivity index (χ3n) is 4.57. The zero-order valence-corrected chi connectivity index (χ0v) is 18.1. The van der Waals surface area contributed by atoms with Gasteiger partial charge in [-0.25, -0.2) is 0 Å². The van der Waals surface area contributed by atoms with E-state index in [1.54, 1.807) is 25.2 Å². The first kappa shape index (κ1) is 22.2. The maximum absolute atomic E-state index is 12.5. The van der Waals surface area contributed by atoms with Crippen LogP contribution in [-0.4, -0.2) is 44.0 Å². The van der Waals surface area contributed by atoms with Crippen LogP contribution in [0.3, 0.4) is 0 Å². The number of rotatable bonds is 8. The SMILES string of the molecule is COc1ccc(Cl)cc1NC(=O)CN(C)C(=O)COc1ccccc1-c1ccccc1. The zero-order chi connectivity index (χ0) is 22.2. The summed E-state index contributed by atoms with van der Waals surface area (Å²) in [5.41, 5.74) is 2.33. The van der Waals surface area contributed by atoms with Gasteiger partial charge in [0.15, 0.2) is 6.61 Å². The molecule has 0 spiro atoms. The van der Waals surface area contributed by atoms with Crippen LogP contribution in [0.2, 0.25) is 5.02 Å². The van der Waals surface area contributed by atoms with E-state index in [1.807, 2.05) is 54.6 Å². The molecule has 0 aliphatic heterocycles. The number of nitrogens with zero attached hydrogens (tertiary/aromatic N) is 1. The Balaban J connectivity index is 1.58. The zero-order valence-electron chi connectivity index (χ0n) is 17.3. The molecule has 0 aliphatic carbocycles. The van der Waals surface area contributed by atoms with Crippen LogP contribution in [0.1, 0.15) is 0 Å². The van der Waals surface area contributed by atoms with E-state index in [9.17, 15) is 9.59 Å². The summed E-state index contributed by atoms with van der Waals surface area (Å²) in [7, 11) is 3.04. The highest BCUT2D eigenvalue weighted by atomic mass is 35.5. The van der Waals surface area contributed by atoms with Gasteiger partial charge in [-0.05, 0) is 29.8 Å². The standard InChI is InChI=1S/C24H23ClN2O4/c1-27(15-23(28)26-20-14-18(25)12-13-22(20)30-2)24(29)16-31-21-11-7-6-10-19(21)17-8-4-3-5-9-17/h3-14H,15-16H2,1-2H3,(H,26,28). The molecule has 0 heterocycles. The number of ether oxygens (including phenoxy) is 2. The van der Waals surface area contributed by atoms with Crippen molar-refractivity contribution in [2.24, 2.45) is 0 Å². The summed E-state index contributed by atoms with van der Waals surface area (Å²) < 4.78 is 11.0. The summed E-state index contributed by atoms with van der Waals surface area (Å²) in [5.74, 6) is 0.383. The van der Waals surface area contributed by atoms with Crippen LogP contribution in [-0.2, 0) is 9.59 Å². The van der Waals surface area contributed by atoms with Gasteiger partial charge in [0.25, 0.3) is 5.91 Å². The number of halogens is 1. The number of benzene rings is 3. The van der Waals surface area contributed by atoms with Crippen LogP contribution in [0.5, 0.6) is 11.5 Å². The Hall–Kier alpha value is -3.51. The Morgan fingerprint density at radius 2 is 1.68 bits per heavy atom. The van der Waals surface area contributed by atoms with Crippen LogP contribution in [0.4, 0.5) is 5.69 Å². The highest BCUT2D eigenvalue weighted by molar-refractivity contribution is 6.31. The first-order chi connectivity index (χ1) is 15.0. The van der Waals surface area contributed by atoms with Gasteiger partial charge in [-0.2, -0.15) is 0 Å². The Morgan fingerprint density at radius 3 is 2.42 bits per heavy atom. The highest BCUT2D eigenvalue weighted by Crippen LogP contribution is 2.30. The quantitative estimate of drug-likeness (QED) is 0.562. The van der Waals surface area contributed by atoms with E-state index in [0.717, 1.165) is 11.1 Å². The molecule has 0 unspecified atom stereocenters. The molecular weight excluding hydrogens is 416 g/mol. The van der Waals surface area contributed by atoms with E-state index in [2.05, 4.69) is 5.32 Å². The Labute approximate surface area is 186 Å². The molecule has 3 aromatic carbocycles. The average molecular weight is 439 g/mol. The van der Waals surface area contributed by atoms with Crippen molar-refractivity contribution in [2.45, 2.75) is 0 Å². The topological polar surface area (TPSA) is 67.9 Å². The molecule has 7 heteroatoms. The lowest BCUT2D eigenvalue weighted by atomic mass is 10.1. The van der Waals surface area contributed by atoms with Crippen molar-refractivity contribution < 1.29 is 19.1 Å². The molecule has 0 radical (unpaired) electrons. The minimum absolute atomic E-state index is 0.141. The maximum Gasteiger partial charge on any atom is 0.260 e. The van der Waals surface area contributed by atoms with Crippen LogP contribution in [0.25, 0.3) is 11.1 Å². The van der Waals surface area contributed by atoms with Gasteiger partial charge in [0.2, 0.25) is 5.91 Å². The van der Waals surface area contributed by atoms with Crippen LogP contribution >= 0.6 is 11.6 Å². The summed E-state index contributed by atoms with van der Waals surface area (Å²) >= 11 is 5.98. The Kier molecular flexibility index (Phi) is 7.51. The van der Waals surface area contributed by atoms with Crippen LogP contribution < -0.4 is 14.8 Å². The van der Waals surface area contributed by atoms with Gasteiger partial charge in [-0.15, -0.1) is 0 Å². The van der Waals surface area contributed by atoms with Gasteiger partial charge < -0.3 is 19.7 Å². The fourth-order valence-corrected chi connectivity index (χ4v) is 3.14. The average Bonchev–Trinajstić information content (AvgIpc) is 2.78. The lowest BCUT2D eigenvalue weighted by Crippen LogP contribution is -2.37. The molecule has 0 atom stereocenters. The smallest absolute Gasteiger partial charge is 0.260 e. The third-order valence-corrected chi connectivity index (χ3v) is 4.80.